The molecule has 1 aliphatic carbocycles. The number of rotatable bonds is 7. The minimum absolute atomic E-state index is 0.0842. The lowest BCUT2D eigenvalue weighted by molar-refractivity contribution is -0.126. The quantitative estimate of drug-likeness (QED) is 0.611. The molecule has 3 heteroatoms. The fourth-order valence-corrected chi connectivity index (χ4v) is 1.64. The molecule has 1 saturated carbocycles. The number of ether oxygens (including phenoxy) is 2. The van der Waals surface area contributed by atoms with Gasteiger partial charge in [-0.05, 0) is 31.7 Å². The van der Waals surface area contributed by atoms with Gasteiger partial charge in [0.2, 0.25) is 0 Å². The van der Waals surface area contributed by atoms with E-state index in [0.29, 0.717) is 6.04 Å². The van der Waals surface area contributed by atoms with Gasteiger partial charge in [0.25, 0.3) is 0 Å². The van der Waals surface area contributed by atoms with Crippen LogP contribution in [0.2, 0.25) is 0 Å². The van der Waals surface area contributed by atoms with E-state index < -0.39 is 0 Å². The SMILES string of the molecule is CCCNC(C1CC1)C(OC)OC. The molecule has 0 amide bonds. The van der Waals surface area contributed by atoms with Crippen LogP contribution in [0.15, 0.2) is 0 Å². The lowest BCUT2D eigenvalue weighted by atomic mass is 10.1. The molecule has 0 aromatic heterocycles. The molecular formula is C10H21NO2. The van der Waals surface area contributed by atoms with E-state index in [1.165, 1.54) is 12.8 Å². The first-order valence-electron chi connectivity index (χ1n) is 5.12. The van der Waals surface area contributed by atoms with Gasteiger partial charge in [-0.15, -0.1) is 0 Å². The third-order valence-electron chi connectivity index (χ3n) is 2.52. The highest BCUT2D eigenvalue weighted by atomic mass is 16.7. The Kier molecular flexibility index (Phi) is 4.70. The van der Waals surface area contributed by atoms with Crippen LogP contribution < -0.4 is 5.32 Å². The molecule has 0 radical (unpaired) electrons. The largest absolute Gasteiger partial charge is 0.354 e. The van der Waals surface area contributed by atoms with Gasteiger partial charge in [0.05, 0.1) is 6.04 Å². The number of hydrogen-bond donors (Lipinski definition) is 1. The monoisotopic (exact) mass is 187 g/mol. The van der Waals surface area contributed by atoms with Crippen molar-refractivity contribution in [3.8, 4) is 0 Å². The van der Waals surface area contributed by atoms with Gasteiger partial charge < -0.3 is 14.8 Å². The van der Waals surface area contributed by atoms with Crippen LogP contribution >= 0.6 is 0 Å². The first-order chi connectivity index (χ1) is 6.33. The van der Waals surface area contributed by atoms with Crippen LogP contribution in [0.3, 0.4) is 0 Å². The Labute approximate surface area is 80.8 Å². The van der Waals surface area contributed by atoms with Crippen LogP contribution in [0.5, 0.6) is 0 Å². The van der Waals surface area contributed by atoms with E-state index in [1.54, 1.807) is 14.2 Å². The van der Waals surface area contributed by atoms with E-state index in [1.807, 2.05) is 0 Å². The van der Waals surface area contributed by atoms with Gasteiger partial charge in [0, 0.05) is 14.2 Å². The van der Waals surface area contributed by atoms with Crippen molar-refractivity contribution in [1.82, 2.24) is 5.32 Å². The highest BCUT2D eigenvalue weighted by molar-refractivity contribution is 4.88. The Hall–Kier alpha value is -0.120. The maximum Gasteiger partial charge on any atom is 0.172 e. The summed E-state index contributed by atoms with van der Waals surface area (Å²) in [6.45, 7) is 3.22. The van der Waals surface area contributed by atoms with Crippen molar-refractivity contribution in [1.29, 1.82) is 0 Å². The highest BCUT2D eigenvalue weighted by Crippen LogP contribution is 2.34. The lowest BCUT2D eigenvalue weighted by Gasteiger charge is -2.25. The molecule has 1 atom stereocenters. The van der Waals surface area contributed by atoms with Crippen molar-refractivity contribution in [3.05, 3.63) is 0 Å². The molecule has 1 rings (SSSR count). The Morgan fingerprint density at radius 2 is 1.92 bits per heavy atom. The summed E-state index contributed by atoms with van der Waals surface area (Å²) in [6.07, 6.45) is 3.69. The second kappa shape index (κ2) is 5.58. The second-order valence-corrected chi connectivity index (χ2v) is 3.66. The van der Waals surface area contributed by atoms with Gasteiger partial charge in [-0.2, -0.15) is 0 Å². The van der Waals surface area contributed by atoms with E-state index in [9.17, 15) is 0 Å². The molecule has 0 aromatic rings. The minimum atomic E-state index is -0.0842. The molecule has 78 valence electrons. The summed E-state index contributed by atoms with van der Waals surface area (Å²) in [5.74, 6) is 0.761. The summed E-state index contributed by atoms with van der Waals surface area (Å²) >= 11 is 0. The van der Waals surface area contributed by atoms with Crippen molar-refractivity contribution < 1.29 is 9.47 Å². The maximum absolute atomic E-state index is 5.28. The summed E-state index contributed by atoms with van der Waals surface area (Å²) in [4.78, 5) is 0. The zero-order valence-electron chi connectivity index (χ0n) is 8.88. The molecule has 0 aromatic carbocycles. The van der Waals surface area contributed by atoms with E-state index in [2.05, 4.69) is 12.2 Å². The molecule has 0 bridgehead atoms. The standard InChI is InChI=1S/C10H21NO2/c1-4-7-11-9(8-5-6-8)10(12-2)13-3/h8-11H,4-7H2,1-3H3. The zero-order chi connectivity index (χ0) is 9.68. The van der Waals surface area contributed by atoms with Crippen molar-refractivity contribution in [2.75, 3.05) is 20.8 Å². The first-order valence-corrected chi connectivity index (χ1v) is 5.12. The van der Waals surface area contributed by atoms with Crippen LogP contribution in [0.25, 0.3) is 0 Å². The Bertz CT molecular complexity index is 133. The van der Waals surface area contributed by atoms with Gasteiger partial charge in [0.1, 0.15) is 0 Å². The zero-order valence-corrected chi connectivity index (χ0v) is 8.88. The summed E-state index contributed by atoms with van der Waals surface area (Å²) < 4.78 is 10.6. The molecular weight excluding hydrogens is 166 g/mol. The topological polar surface area (TPSA) is 30.5 Å². The Balaban J connectivity index is 2.34. The fraction of sp³-hybridized carbons (Fsp3) is 1.00. The average Bonchev–Trinajstić information content (AvgIpc) is 2.95. The van der Waals surface area contributed by atoms with Gasteiger partial charge >= 0.3 is 0 Å². The fourth-order valence-electron chi connectivity index (χ4n) is 1.64. The Morgan fingerprint density at radius 3 is 2.31 bits per heavy atom. The third kappa shape index (κ3) is 3.25. The Morgan fingerprint density at radius 1 is 1.31 bits per heavy atom. The molecule has 0 saturated heterocycles. The molecule has 13 heavy (non-hydrogen) atoms. The molecule has 1 unspecified atom stereocenters. The summed E-state index contributed by atoms with van der Waals surface area (Å²) in [6, 6.07) is 0.384. The molecule has 0 spiro atoms. The van der Waals surface area contributed by atoms with Gasteiger partial charge in [-0.1, -0.05) is 6.92 Å². The van der Waals surface area contributed by atoms with Gasteiger partial charge in [0.15, 0.2) is 6.29 Å². The molecule has 1 fully saturated rings. The van der Waals surface area contributed by atoms with E-state index >= 15 is 0 Å². The predicted molar refractivity (Wildman–Crippen MR) is 52.6 cm³/mol. The van der Waals surface area contributed by atoms with Crippen molar-refractivity contribution >= 4 is 0 Å². The average molecular weight is 187 g/mol. The van der Waals surface area contributed by atoms with Gasteiger partial charge in [-0.3, -0.25) is 0 Å². The van der Waals surface area contributed by atoms with E-state index in [0.717, 1.165) is 18.9 Å². The summed E-state index contributed by atoms with van der Waals surface area (Å²) in [5.41, 5.74) is 0. The van der Waals surface area contributed by atoms with Crippen LogP contribution in [0, 0.1) is 5.92 Å². The van der Waals surface area contributed by atoms with Crippen LogP contribution in [0.1, 0.15) is 26.2 Å². The number of nitrogens with one attached hydrogen (secondary N) is 1. The van der Waals surface area contributed by atoms with Crippen LogP contribution in [0.4, 0.5) is 0 Å². The van der Waals surface area contributed by atoms with E-state index in [-0.39, 0.29) is 6.29 Å². The number of hydrogen-bond acceptors (Lipinski definition) is 3. The third-order valence-corrected chi connectivity index (χ3v) is 2.52. The van der Waals surface area contributed by atoms with Crippen molar-refractivity contribution in [2.45, 2.75) is 38.5 Å². The summed E-state index contributed by atoms with van der Waals surface area (Å²) in [7, 11) is 3.41. The normalized spacial score (nSPS) is 19.4. The molecule has 0 heterocycles. The second-order valence-electron chi connectivity index (χ2n) is 3.66. The first kappa shape index (κ1) is 11.0. The lowest BCUT2D eigenvalue weighted by Crippen LogP contribution is -2.44. The molecule has 1 aliphatic rings. The van der Waals surface area contributed by atoms with Crippen molar-refractivity contribution in [3.63, 3.8) is 0 Å². The molecule has 1 N–H and O–H groups in total. The predicted octanol–water partition coefficient (Wildman–Crippen LogP) is 1.38. The van der Waals surface area contributed by atoms with Gasteiger partial charge in [-0.25, -0.2) is 0 Å². The molecule has 0 aliphatic heterocycles. The smallest absolute Gasteiger partial charge is 0.172 e. The van der Waals surface area contributed by atoms with Crippen molar-refractivity contribution in [2.24, 2.45) is 5.92 Å². The summed E-state index contributed by atoms with van der Waals surface area (Å²) in [5, 5.41) is 3.48. The van der Waals surface area contributed by atoms with Crippen LogP contribution in [-0.4, -0.2) is 33.1 Å². The van der Waals surface area contributed by atoms with Crippen LogP contribution in [-0.2, 0) is 9.47 Å². The minimum Gasteiger partial charge on any atom is -0.354 e. The number of methoxy groups -OCH3 is 2. The highest BCUT2D eigenvalue weighted by Gasteiger charge is 2.36. The van der Waals surface area contributed by atoms with E-state index in [4.69, 9.17) is 9.47 Å². The molecule has 3 nitrogen and oxygen atoms in total. The maximum atomic E-state index is 5.28.